The molecule has 0 aliphatic heterocycles. The highest BCUT2D eigenvalue weighted by Gasteiger charge is 2.29. The predicted octanol–water partition coefficient (Wildman–Crippen LogP) is 41.4. The van der Waals surface area contributed by atoms with E-state index in [1.807, 2.05) is 0 Å². The number of fused-ring (bicyclic) bond motifs is 14. The van der Waals surface area contributed by atoms with Crippen molar-refractivity contribution in [3.05, 3.63) is 543 Å². The highest BCUT2D eigenvalue weighted by Crippen LogP contribution is 2.57. The Labute approximate surface area is 851 Å². The first-order valence-electron chi connectivity index (χ1n) is 51.0. The van der Waals surface area contributed by atoms with Gasteiger partial charge in [0.25, 0.3) is 0 Å². The van der Waals surface area contributed by atoms with Crippen molar-refractivity contribution in [1.82, 2.24) is 0 Å². The van der Waals surface area contributed by atoms with E-state index < -0.39 is 0 Å². The Morgan fingerprint density at radius 1 is 0.103 bits per heavy atom. The monoisotopic (exact) mass is 1850 g/mol. The summed E-state index contributed by atoms with van der Waals surface area (Å²) in [6.07, 6.45) is 0. The first-order chi connectivity index (χ1) is 71.9. The molecule has 0 nitrogen and oxygen atoms in total. The molecule has 0 aliphatic rings. The number of benzene rings is 28. The van der Waals surface area contributed by atoms with E-state index in [1.54, 1.807) is 0 Å². The molecule has 0 heteroatoms. The average molecular weight is 1860 g/mol. The molecule has 28 aromatic carbocycles. The van der Waals surface area contributed by atoms with Crippen molar-refractivity contribution in [2.75, 3.05) is 0 Å². The number of hydrogen-bond acceptors (Lipinski definition) is 0. The van der Waals surface area contributed by atoms with Gasteiger partial charge in [-0.2, -0.15) is 0 Å². The molecule has 0 bridgehead atoms. The summed E-state index contributed by atoms with van der Waals surface area (Å²) in [5.74, 6) is 0. The molecule has 0 amide bonds. The molecule has 0 N–H and O–H groups in total. The Kier molecular flexibility index (Phi) is 22.1. The Morgan fingerprint density at radius 2 is 0.329 bits per heavy atom. The maximum absolute atomic E-state index is 2.46. The van der Waals surface area contributed by atoms with Crippen LogP contribution in [0.3, 0.4) is 0 Å². The standard InChI is InChI=1S/C54H38.C52H36.C40H28/c1-35-28-41-33-50-51(34-42(41)29-36(35)2)54(49-27-26-39-20-12-13-23-46(39)52(49)40-21-10-5-11-22-40)48-25-15-14-24-47(48)53(50)45-31-43(37-16-6-3-7-17-37)30-44(32-45)38-18-8-4-9-19-38;1-33-19-23-37(24-20-33)47-43-15-7-8-16-44(43)48(38-25-21-34(2)22-26-38)52-50(42-30-28-36-12-4-6-14-40(36)32-42)46-18-10-9-17-45(46)49(51(47)52)41-29-27-35-11-3-5-13-39(35)31-41;1-25-19-33-23-37-38(24-34(33)20-26(25)2)40(32-18-16-28-10-4-6-12-30(28)22-32)36-14-8-7-13-35(36)39(37)31-17-15-27-9-3-5-11-29(27)21-31/h3-34H,1-2H3;3-32H,1-2H3;3-24H,1-2H3. The Balaban J connectivity index is 0.000000113. The third-order valence-electron chi connectivity index (χ3n) is 30.9. The third kappa shape index (κ3) is 15.7. The van der Waals surface area contributed by atoms with Crippen LogP contribution >= 0.6 is 0 Å². The van der Waals surface area contributed by atoms with Crippen molar-refractivity contribution < 1.29 is 0 Å². The van der Waals surface area contributed by atoms with E-state index in [1.165, 1.54) is 307 Å². The lowest BCUT2D eigenvalue weighted by Gasteiger charge is -2.25. The zero-order valence-electron chi connectivity index (χ0n) is 82.5. The largest absolute Gasteiger partial charge is 0.0622 e. The molecular weight excluding hydrogens is 1750 g/mol. The van der Waals surface area contributed by atoms with Gasteiger partial charge in [-0.25, -0.2) is 0 Å². The Hall–Kier alpha value is -18.2. The smallest absolute Gasteiger partial charge is 0.000139 e. The first kappa shape index (κ1) is 88.0. The van der Waals surface area contributed by atoms with Crippen LogP contribution in [0.5, 0.6) is 0 Å². The summed E-state index contributed by atoms with van der Waals surface area (Å²) in [5, 5.41) is 35.5. The highest BCUT2D eigenvalue weighted by atomic mass is 14.3. The Bertz CT molecular complexity index is 9720. The number of aryl methyl sites for hydroxylation is 6. The van der Waals surface area contributed by atoms with Crippen LogP contribution in [0.1, 0.15) is 33.4 Å². The van der Waals surface area contributed by atoms with E-state index in [4.69, 9.17) is 0 Å². The van der Waals surface area contributed by atoms with E-state index in [0.29, 0.717) is 0 Å². The summed E-state index contributed by atoms with van der Waals surface area (Å²) in [5.41, 5.74) is 35.2. The van der Waals surface area contributed by atoms with Gasteiger partial charge in [0.1, 0.15) is 0 Å². The molecule has 146 heavy (non-hydrogen) atoms. The van der Waals surface area contributed by atoms with Gasteiger partial charge in [0, 0.05) is 0 Å². The van der Waals surface area contributed by atoms with E-state index >= 15 is 0 Å². The fourth-order valence-electron chi connectivity index (χ4n) is 23.5. The van der Waals surface area contributed by atoms with Gasteiger partial charge < -0.3 is 0 Å². The van der Waals surface area contributed by atoms with Crippen LogP contribution in [0.25, 0.3) is 273 Å². The molecule has 0 heterocycles. The van der Waals surface area contributed by atoms with Crippen molar-refractivity contribution in [1.29, 1.82) is 0 Å². The quantitative estimate of drug-likeness (QED) is 0.113. The molecule has 686 valence electrons. The van der Waals surface area contributed by atoms with Gasteiger partial charge in [-0.3, -0.25) is 0 Å². The fraction of sp³-hybridized carbons (Fsp3) is 0.0411. The molecule has 0 aliphatic carbocycles. The minimum Gasteiger partial charge on any atom is -0.0622 e. The minimum absolute atomic E-state index is 1.21. The van der Waals surface area contributed by atoms with Crippen LogP contribution in [0, 0.1) is 41.5 Å². The lowest BCUT2D eigenvalue weighted by atomic mass is 9.77. The van der Waals surface area contributed by atoms with Gasteiger partial charge in [-0.1, -0.05) is 454 Å². The van der Waals surface area contributed by atoms with Crippen LogP contribution in [-0.4, -0.2) is 0 Å². The molecule has 28 aromatic rings. The molecule has 0 fully saturated rings. The van der Waals surface area contributed by atoms with Crippen molar-refractivity contribution in [3.63, 3.8) is 0 Å². The van der Waals surface area contributed by atoms with Crippen LogP contribution in [0.4, 0.5) is 0 Å². The predicted molar refractivity (Wildman–Crippen MR) is 633 cm³/mol. The van der Waals surface area contributed by atoms with Crippen molar-refractivity contribution in [2.45, 2.75) is 41.5 Å². The highest BCUT2D eigenvalue weighted by molar-refractivity contribution is 6.35. The second-order valence-electron chi connectivity index (χ2n) is 39.9. The SMILES string of the molecule is Cc1cc2cc3c(-c4cc(-c5ccccc5)cc(-c5ccccc5)c4)c4ccccc4c(-c4ccc5ccccc5c4-c4ccccc4)c3cc2cc1C.Cc1cc2cc3c(-c4ccc5ccccc5c4)c4ccccc4c(-c4ccc5ccccc5c4)c3cc2cc1C.Cc1ccc(-c2c3ccccc3c(-c3ccc(C)cc3)c3c(-c4ccc5ccccc5c4)c4ccccc4c(-c4ccc5ccccc5c4)c23)cc1. The average Bonchev–Trinajstić information content (AvgIpc) is 0.691. The summed E-state index contributed by atoms with van der Waals surface area (Å²) in [4.78, 5) is 0. The Morgan fingerprint density at radius 3 is 0.664 bits per heavy atom. The van der Waals surface area contributed by atoms with Crippen molar-refractivity contribution >= 4 is 151 Å². The number of rotatable bonds is 11. The zero-order valence-corrected chi connectivity index (χ0v) is 82.5. The summed E-state index contributed by atoms with van der Waals surface area (Å²) in [6, 6.07) is 189. The summed E-state index contributed by atoms with van der Waals surface area (Å²) in [7, 11) is 0. The van der Waals surface area contributed by atoms with Crippen LogP contribution in [-0.2, 0) is 0 Å². The molecule has 0 unspecified atom stereocenters. The second kappa shape index (κ2) is 36.7. The molecular formula is C146H102. The van der Waals surface area contributed by atoms with Crippen LogP contribution < -0.4 is 0 Å². The van der Waals surface area contributed by atoms with E-state index in [-0.39, 0.29) is 0 Å². The van der Waals surface area contributed by atoms with Crippen LogP contribution in [0.2, 0.25) is 0 Å². The van der Waals surface area contributed by atoms with Crippen molar-refractivity contribution in [2.24, 2.45) is 0 Å². The third-order valence-corrected chi connectivity index (χ3v) is 30.9. The summed E-state index contributed by atoms with van der Waals surface area (Å²) < 4.78 is 0. The van der Waals surface area contributed by atoms with Gasteiger partial charge in [0.15, 0.2) is 0 Å². The summed E-state index contributed by atoms with van der Waals surface area (Å²) >= 11 is 0. The molecule has 0 saturated heterocycles. The number of hydrogen-bond donors (Lipinski definition) is 0. The van der Waals surface area contributed by atoms with E-state index in [2.05, 4.69) is 551 Å². The van der Waals surface area contributed by atoms with E-state index in [0.717, 1.165) is 0 Å². The maximum Gasteiger partial charge on any atom is -0.000139 e. The molecule has 0 aromatic heterocycles. The second-order valence-corrected chi connectivity index (χ2v) is 39.9. The molecule has 28 rings (SSSR count). The van der Waals surface area contributed by atoms with Gasteiger partial charge in [0.2, 0.25) is 0 Å². The molecule has 0 atom stereocenters. The van der Waals surface area contributed by atoms with Gasteiger partial charge >= 0.3 is 0 Å². The minimum atomic E-state index is 1.21. The summed E-state index contributed by atoms with van der Waals surface area (Å²) in [6.45, 7) is 13.2. The van der Waals surface area contributed by atoms with Crippen LogP contribution in [0.15, 0.2) is 510 Å². The molecule has 0 radical (unpaired) electrons. The fourth-order valence-corrected chi connectivity index (χ4v) is 23.5. The topological polar surface area (TPSA) is 0 Å². The van der Waals surface area contributed by atoms with Gasteiger partial charge in [0.05, 0.1) is 0 Å². The lowest BCUT2D eigenvalue weighted by molar-refractivity contribution is 1.37. The van der Waals surface area contributed by atoms with Gasteiger partial charge in [-0.05, 0) is 404 Å². The maximum atomic E-state index is 2.46. The lowest BCUT2D eigenvalue weighted by Crippen LogP contribution is -1.98. The molecule has 0 saturated carbocycles. The van der Waals surface area contributed by atoms with E-state index in [9.17, 15) is 0 Å². The zero-order chi connectivity index (χ0) is 97.7. The molecule has 0 spiro atoms. The van der Waals surface area contributed by atoms with Crippen molar-refractivity contribution in [3.8, 4) is 122 Å². The first-order valence-corrected chi connectivity index (χ1v) is 51.0. The normalized spacial score (nSPS) is 11.6. The van der Waals surface area contributed by atoms with Gasteiger partial charge in [-0.15, -0.1) is 0 Å².